The molecule has 0 aromatic carbocycles. The Labute approximate surface area is 86.0 Å². The van der Waals surface area contributed by atoms with Crippen LogP contribution in [0.15, 0.2) is 17.1 Å². The van der Waals surface area contributed by atoms with Crippen LogP contribution in [0.4, 0.5) is 4.79 Å². The lowest BCUT2D eigenvalue weighted by molar-refractivity contribution is 0.0757. The summed E-state index contributed by atoms with van der Waals surface area (Å²) in [4.78, 5) is 17.0. The van der Waals surface area contributed by atoms with E-state index in [1.807, 2.05) is 12.2 Å². The second-order valence-electron chi connectivity index (χ2n) is 3.08. The lowest BCUT2D eigenvalue weighted by Crippen LogP contribution is -2.62. The number of amides is 1. The Morgan fingerprint density at radius 1 is 1.86 bits per heavy atom. The zero-order chi connectivity index (χ0) is 10.2. The Morgan fingerprint density at radius 3 is 3.36 bits per heavy atom. The van der Waals surface area contributed by atoms with Crippen LogP contribution in [0.1, 0.15) is 0 Å². The average Bonchev–Trinajstić information content (AvgIpc) is 2.57. The molecule has 0 aliphatic carbocycles. The van der Waals surface area contributed by atoms with E-state index in [1.54, 1.807) is 5.55 Å². The summed E-state index contributed by atoms with van der Waals surface area (Å²) in [5.74, 6) is -0.966. The van der Waals surface area contributed by atoms with Crippen LogP contribution in [0, 0.1) is 0 Å². The number of aliphatic imine (C=N–C) groups is 1. The summed E-state index contributed by atoms with van der Waals surface area (Å²) < 4.78 is 4.65. The lowest BCUT2D eigenvalue weighted by atomic mass is 10.1. The zero-order valence-corrected chi connectivity index (χ0v) is 8.53. The van der Waals surface area contributed by atoms with E-state index in [9.17, 15) is 4.79 Å². The molecule has 5 nitrogen and oxygen atoms in total. The van der Waals surface area contributed by atoms with Crippen LogP contribution in [0.25, 0.3) is 0 Å². The van der Waals surface area contributed by atoms with Gasteiger partial charge < -0.3 is 4.74 Å². The molecule has 6 heteroatoms. The minimum Gasteiger partial charge on any atom is -0.453 e. The first-order chi connectivity index (χ1) is 6.68. The summed E-state index contributed by atoms with van der Waals surface area (Å²) in [5.41, 5.74) is 7.72. The third-order valence-corrected chi connectivity index (χ3v) is 3.34. The number of rotatable bonds is 0. The minimum atomic E-state index is -0.966. The molecule has 76 valence electrons. The monoisotopic (exact) mass is 213 g/mol. The highest BCUT2D eigenvalue weighted by Gasteiger charge is 2.46. The van der Waals surface area contributed by atoms with Crippen molar-refractivity contribution in [3.63, 3.8) is 0 Å². The molecular weight excluding hydrogens is 202 g/mol. The van der Waals surface area contributed by atoms with E-state index in [0.717, 1.165) is 0 Å². The Balaban J connectivity index is 2.30. The average molecular weight is 213 g/mol. The van der Waals surface area contributed by atoms with Gasteiger partial charge in [0.15, 0.2) is 0 Å². The predicted molar refractivity (Wildman–Crippen MR) is 55.0 cm³/mol. The third-order valence-electron chi connectivity index (χ3n) is 2.31. The van der Waals surface area contributed by atoms with Crippen molar-refractivity contribution >= 4 is 23.4 Å². The first kappa shape index (κ1) is 9.54. The van der Waals surface area contributed by atoms with Gasteiger partial charge >= 0.3 is 6.09 Å². The lowest BCUT2D eigenvalue weighted by Gasteiger charge is -2.39. The summed E-state index contributed by atoms with van der Waals surface area (Å²) in [5, 5.41) is -0.00431. The molecule has 2 aliphatic rings. The summed E-state index contributed by atoms with van der Waals surface area (Å²) in [6.45, 7) is 0.442. The van der Waals surface area contributed by atoms with Gasteiger partial charge in [-0.3, -0.25) is 10.6 Å². The number of nitrogens with two attached hydrogens (primary N) is 1. The largest absolute Gasteiger partial charge is 0.453 e. The Kier molecular flexibility index (Phi) is 2.24. The summed E-state index contributed by atoms with van der Waals surface area (Å²) in [6.07, 6.45) is 3.42. The first-order valence-corrected chi connectivity index (χ1v) is 5.13. The van der Waals surface area contributed by atoms with Gasteiger partial charge in [-0.1, -0.05) is 12.2 Å². The second kappa shape index (κ2) is 3.29. The van der Waals surface area contributed by atoms with Crippen LogP contribution >= 0.6 is 11.8 Å². The fraction of sp³-hybridized carbons (Fsp3) is 0.500. The van der Waals surface area contributed by atoms with Crippen molar-refractivity contribution in [3.05, 3.63) is 12.2 Å². The van der Waals surface area contributed by atoms with Gasteiger partial charge in [0, 0.05) is 6.54 Å². The van der Waals surface area contributed by atoms with Crippen molar-refractivity contribution in [1.82, 2.24) is 4.90 Å². The summed E-state index contributed by atoms with van der Waals surface area (Å²) in [6, 6.07) is 0. The fourth-order valence-electron chi connectivity index (χ4n) is 1.53. The summed E-state index contributed by atoms with van der Waals surface area (Å²) >= 11 is 1.50. The maximum absolute atomic E-state index is 11.4. The number of ether oxygens (including phenoxy) is 1. The molecule has 0 bridgehead atoms. The standard InChI is InChI=1S/C8H11N3O2S/c1-13-7(12)11-4-2-3-6-8(11,9)10-5-14-6/h2-3,5-6H,4,9H2,1H3/t6-,8-/m0/s1. The van der Waals surface area contributed by atoms with Crippen LogP contribution in [0.3, 0.4) is 0 Å². The van der Waals surface area contributed by atoms with Gasteiger partial charge in [-0.15, -0.1) is 11.8 Å². The van der Waals surface area contributed by atoms with Gasteiger partial charge in [0.05, 0.1) is 17.9 Å². The molecule has 0 radical (unpaired) electrons. The number of thioether (sulfide) groups is 1. The molecule has 0 fully saturated rings. The fourth-order valence-corrected chi connectivity index (χ4v) is 2.48. The molecule has 2 atom stereocenters. The molecule has 0 aromatic heterocycles. The molecule has 1 amide bonds. The molecule has 0 saturated carbocycles. The quantitative estimate of drug-likeness (QED) is 0.591. The molecule has 2 heterocycles. The van der Waals surface area contributed by atoms with E-state index in [-0.39, 0.29) is 5.25 Å². The van der Waals surface area contributed by atoms with Crippen molar-refractivity contribution in [2.75, 3.05) is 13.7 Å². The number of nitrogens with zero attached hydrogens (tertiary/aromatic N) is 2. The van der Waals surface area contributed by atoms with Crippen molar-refractivity contribution in [1.29, 1.82) is 0 Å². The van der Waals surface area contributed by atoms with Crippen molar-refractivity contribution in [2.24, 2.45) is 10.7 Å². The molecule has 0 saturated heterocycles. The van der Waals surface area contributed by atoms with E-state index in [0.29, 0.717) is 6.54 Å². The van der Waals surface area contributed by atoms with Gasteiger partial charge in [-0.25, -0.2) is 9.79 Å². The van der Waals surface area contributed by atoms with Crippen molar-refractivity contribution < 1.29 is 9.53 Å². The number of fused-ring (bicyclic) bond motifs is 1. The minimum absolute atomic E-state index is 0.00431. The Bertz CT molecular complexity index is 318. The highest BCUT2D eigenvalue weighted by Crippen LogP contribution is 2.34. The van der Waals surface area contributed by atoms with Crippen LogP contribution < -0.4 is 5.73 Å². The van der Waals surface area contributed by atoms with E-state index >= 15 is 0 Å². The highest BCUT2D eigenvalue weighted by atomic mass is 32.2. The second-order valence-corrected chi connectivity index (χ2v) is 4.07. The molecular formula is C8H11N3O2S. The first-order valence-electron chi connectivity index (χ1n) is 4.19. The van der Waals surface area contributed by atoms with Crippen LogP contribution in [0.5, 0.6) is 0 Å². The maximum Gasteiger partial charge on any atom is 0.412 e. The van der Waals surface area contributed by atoms with Gasteiger partial charge in [0.1, 0.15) is 0 Å². The van der Waals surface area contributed by atoms with Gasteiger partial charge in [0.2, 0.25) is 5.79 Å². The molecule has 0 aromatic rings. The van der Waals surface area contributed by atoms with Crippen LogP contribution in [0.2, 0.25) is 0 Å². The molecule has 2 N–H and O–H groups in total. The van der Waals surface area contributed by atoms with Gasteiger partial charge in [0.25, 0.3) is 0 Å². The number of hydrogen-bond acceptors (Lipinski definition) is 5. The van der Waals surface area contributed by atoms with E-state index in [2.05, 4.69) is 9.73 Å². The maximum atomic E-state index is 11.4. The molecule has 14 heavy (non-hydrogen) atoms. The zero-order valence-electron chi connectivity index (χ0n) is 7.71. The molecule has 2 aliphatic heterocycles. The number of hydrogen-bond donors (Lipinski definition) is 1. The SMILES string of the molecule is COC(=O)N1CC=C[C@@H]2SC=N[C@@]21N. The van der Waals surface area contributed by atoms with E-state index in [4.69, 9.17) is 5.73 Å². The van der Waals surface area contributed by atoms with Gasteiger partial charge in [-0.2, -0.15) is 0 Å². The van der Waals surface area contributed by atoms with Crippen molar-refractivity contribution in [2.45, 2.75) is 11.0 Å². The molecule has 0 unspecified atom stereocenters. The van der Waals surface area contributed by atoms with Crippen molar-refractivity contribution in [3.8, 4) is 0 Å². The van der Waals surface area contributed by atoms with Crippen LogP contribution in [-0.2, 0) is 4.74 Å². The third kappa shape index (κ3) is 1.22. The normalized spacial score (nSPS) is 34.4. The van der Waals surface area contributed by atoms with E-state index in [1.165, 1.54) is 23.8 Å². The molecule has 2 rings (SSSR count). The number of methoxy groups -OCH3 is 1. The molecule has 0 spiro atoms. The number of carbonyl (C=O) groups is 1. The predicted octanol–water partition coefficient (Wildman–Crippen LogP) is 0.381. The number of carbonyl (C=O) groups excluding carboxylic acids is 1. The topological polar surface area (TPSA) is 67.9 Å². The Morgan fingerprint density at radius 2 is 2.64 bits per heavy atom. The highest BCUT2D eigenvalue weighted by molar-refractivity contribution is 8.13. The van der Waals surface area contributed by atoms with E-state index < -0.39 is 11.9 Å². The summed E-state index contributed by atoms with van der Waals surface area (Å²) in [7, 11) is 1.34. The smallest absolute Gasteiger partial charge is 0.412 e. The Hall–Kier alpha value is -1.01. The van der Waals surface area contributed by atoms with Gasteiger partial charge in [-0.05, 0) is 0 Å². The van der Waals surface area contributed by atoms with Crippen LogP contribution in [-0.4, -0.2) is 41.2 Å².